The molecule has 0 aromatic rings. The Bertz CT molecular complexity index is 204. The van der Waals surface area contributed by atoms with Crippen molar-refractivity contribution in [3.05, 3.63) is 0 Å². The van der Waals surface area contributed by atoms with Crippen LogP contribution in [0.3, 0.4) is 0 Å². The molecule has 0 saturated carbocycles. The largest absolute Gasteiger partial charge is 1.00 e. The Morgan fingerprint density at radius 1 is 1.38 bits per heavy atom. The summed E-state index contributed by atoms with van der Waals surface area (Å²) in [5.74, 6) is 0.284. The SMILES string of the molecule is CC(C)CNCCCS(=O)(=O)[O-].[Na+]. The second-order valence-corrected chi connectivity index (χ2v) is 4.74. The fraction of sp³-hybridized carbons (Fsp3) is 1.00. The quantitative estimate of drug-likeness (QED) is 0.296. The predicted molar refractivity (Wildman–Crippen MR) is 46.9 cm³/mol. The van der Waals surface area contributed by atoms with Gasteiger partial charge in [0.15, 0.2) is 0 Å². The van der Waals surface area contributed by atoms with Crippen LogP contribution < -0.4 is 34.9 Å². The van der Waals surface area contributed by atoms with E-state index >= 15 is 0 Å². The van der Waals surface area contributed by atoms with Gasteiger partial charge in [0, 0.05) is 5.75 Å². The van der Waals surface area contributed by atoms with Gasteiger partial charge in [0.1, 0.15) is 0 Å². The van der Waals surface area contributed by atoms with Crippen molar-refractivity contribution in [3.63, 3.8) is 0 Å². The van der Waals surface area contributed by atoms with Crippen LogP contribution in [0.1, 0.15) is 20.3 Å². The first-order valence-electron chi connectivity index (χ1n) is 4.06. The topological polar surface area (TPSA) is 69.2 Å². The normalized spacial score (nSPS) is 11.4. The van der Waals surface area contributed by atoms with Gasteiger partial charge in [-0.15, -0.1) is 0 Å². The Morgan fingerprint density at radius 3 is 2.31 bits per heavy atom. The van der Waals surface area contributed by atoms with Crippen LogP contribution in [0, 0.1) is 5.92 Å². The van der Waals surface area contributed by atoms with Gasteiger partial charge in [-0.1, -0.05) is 13.8 Å². The minimum absolute atomic E-state index is 0. The summed E-state index contributed by atoms with van der Waals surface area (Å²) in [4.78, 5) is 0. The molecule has 13 heavy (non-hydrogen) atoms. The van der Waals surface area contributed by atoms with Crippen molar-refractivity contribution < 1.29 is 42.5 Å². The fourth-order valence-electron chi connectivity index (χ4n) is 0.765. The molecule has 0 aromatic heterocycles. The molecular formula is C7H16NNaO3S. The van der Waals surface area contributed by atoms with E-state index in [-0.39, 0.29) is 35.3 Å². The summed E-state index contributed by atoms with van der Waals surface area (Å²) in [6, 6.07) is 0. The van der Waals surface area contributed by atoms with Gasteiger partial charge in [-0.2, -0.15) is 0 Å². The minimum atomic E-state index is -4.01. The van der Waals surface area contributed by atoms with Crippen LogP contribution in [-0.4, -0.2) is 31.8 Å². The average molecular weight is 217 g/mol. The third-order valence-electron chi connectivity index (χ3n) is 1.30. The summed E-state index contributed by atoms with van der Waals surface area (Å²) in [6.45, 7) is 5.59. The zero-order valence-corrected chi connectivity index (χ0v) is 11.4. The van der Waals surface area contributed by atoms with Gasteiger partial charge in [-0.3, -0.25) is 0 Å². The Kier molecular flexibility index (Phi) is 10.3. The van der Waals surface area contributed by atoms with Crippen LogP contribution in [-0.2, 0) is 10.1 Å². The van der Waals surface area contributed by atoms with E-state index in [4.69, 9.17) is 0 Å². The maximum Gasteiger partial charge on any atom is 1.00 e. The molecular weight excluding hydrogens is 201 g/mol. The monoisotopic (exact) mass is 217 g/mol. The predicted octanol–water partition coefficient (Wildman–Crippen LogP) is -2.83. The van der Waals surface area contributed by atoms with Crippen molar-refractivity contribution >= 4 is 10.1 Å². The first kappa shape index (κ1) is 16.3. The second kappa shape index (κ2) is 8.20. The average Bonchev–Trinajstić information content (AvgIpc) is 1.83. The third-order valence-corrected chi connectivity index (χ3v) is 2.09. The Morgan fingerprint density at radius 2 is 1.92 bits per heavy atom. The van der Waals surface area contributed by atoms with Gasteiger partial charge < -0.3 is 9.87 Å². The summed E-state index contributed by atoms with van der Waals surface area (Å²) in [5, 5.41) is 3.05. The van der Waals surface area contributed by atoms with Gasteiger partial charge >= 0.3 is 29.6 Å². The number of hydrogen-bond donors (Lipinski definition) is 1. The van der Waals surface area contributed by atoms with Gasteiger partial charge in [0.2, 0.25) is 0 Å². The molecule has 0 atom stereocenters. The zero-order chi connectivity index (χ0) is 9.61. The van der Waals surface area contributed by atoms with E-state index in [9.17, 15) is 13.0 Å². The van der Waals surface area contributed by atoms with Crippen molar-refractivity contribution in [2.24, 2.45) is 5.92 Å². The van der Waals surface area contributed by atoms with Crippen molar-refractivity contribution in [1.29, 1.82) is 0 Å². The summed E-state index contributed by atoms with van der Waals surface area (Å²) in [6.07, 6.45) is 0.401. The molecule has 0 fully saturated rings. The Balaban J connectivity index is 0. The summed E-state index contributed by atoms with van der Waals surface area (Å²) in [7, 11) is -4.01. The van der Waals surface area contributed by atoms with E-state index in [1.165, 1.54) is 0 Å². The third kappa shape index (κ3) is 15.6. The van der Waals surface area contributed by atoms with Crippen LogP contribution in [0.15, 0.2) is 0 Å². The van der Waals surface area contributed by atoms with E-state index in [2.05, 4.69) is 19.2 Å². The molecule has 4 nitrogen and oxygen atoms in total. The standard InChI is InChI=1S/C7H17NO3S.Na/c1-7(2)6-8-4-3-5-12(9,10)11;/h7-8H,3-6H2,1-2H3,(H,9,10,11);/q;+1/p-1. The van der Waals surface area contributed by atoms with Crippen molar-refractivity contribution in [3.8, 4) is 0 Å². The summed E-state index contributed by atoms with van der Waals surface area (Å²) in [5.41, 5.74) is 0. The van der Waals surface area contributed by atoms with Gasteiger partial charge in [-0.25, -0.2) is 8.42 Å². The van der Waals surface area contributed by atoms with Gasteiger partial charge in [0.25, 0.3) is 0 Å². The molecule has 0 aliphatic rings. The number of hydrogen-bond acceptors (Lipinski definition) is 4. The van der Waals surface area contributed by atoms with Gasteiger partial charge in [-0.05, 0) is 25.4 Å². The molecule has 1 N–H and O–H groups in total. The molecule has 0 saturated heterocycles. The van der Waals surface area contributed by atoms with Crippen LogP contribution >= 0.6 is 0 Å². The fourth-order valence-corrected chi connectivity index (χ4v) is 1.26. The first-order valence-corrected chi connectivity index (χ1v) is 5.64. The molecule has 0 aliphatic carbocycles. The molecule has 0 amide bonds. The van der Waals surface area contributed by atoms with Crippen LogP contribution in [0.2, 0.25) is 0 Å². The molecule has 74 valence electrons. The summed E-state index contributed by atoms with van der Waals surface area (Å²) < 4.78 is 30.4. The smallest absolute Gasteiger partial charge is 0.748 e. The number of rotatable bonds is 6. The van der Waals surface area contributed by atoms with Crippen LogP contribution in [0.4, 0.5) is 0 Å². The van der Waals surface area contributed by atoms with E-state index in [1.807, 2.05) is 0 Å². The Hall–Kier alpha value is 0.870. The molecule has 0 heterocycles. The van der Waals surface area contributed by atoms with Crippen LogP contribution in [0.5, 0.6) is 0 Å². The van der Waals surface area contributed by atoms with Crippen LogP contribution in [0.25, 0.3) is 0 Å². The molecule has 0 spiro atoms. The molecule has 0 radical (unpaired) electrons. The van der Waals surface area contributed by atoms with E-state index in [1.54, 1.807) is 0 Å². The maximum absolute atomic E-state index is 10.1. The van der Waals surface area contributed by atoms with Crippen molar-refractivity contribution in [1.82, 2.24) is 5.32 Å². The zero-order valence-electron chi connectivity index (χ0n) is 8.54. The van der Waals surface area contributed by atoms with E-state index in [0.717, 1.165) is 6.54 Å². The molecule has 0 bridgehead atoms. The Labute approximate surface area is 103 Å². The molecule has 0 unspecified atom stereocenters. The van der Waals surface area contributed by atoms with Crippen molar-refractivity contribution in [2.45, 2.75) is 20.3 Å². The summed E-state index contributed by atoms with van der Waals surface area (Å²) >= 11 is 0. The molecule has 0 aliphatic heterocycles. The molecule has 0 aromatic carbocycles. The first-order chi connectivity index (χ1) is 5.42. The second-order valence-electron chi connectivity index (χ2n) is 3.21. The minimum Gasteiger partial charge on any atom is -0.748 e. The van der Waals surface area contributed by atoms with E-state index < -0.39 is 10.1 Å². The maximum atomic E-state index is 10.1. The molecule has 6 heteroatoms. The molecule has 0 rings (SSSR count). The number of nitrogens with one attached hydrogen (secondary N) is 1. The van der Waals surface area contributed by atoms with Gasteiger partial charge in [0.05, 0.1) is 10.1 Å². The van der Waals surface area contributed by atoms with E-state index in [0.29, 0.717) is 18.9 Å². The van der Waals surface area contributed by atoms with Crippen molar-refractivity contribution in [2.75, 3.05) is 18.8 Å².